The minimum atomic E-state index is -0.466. The average molecular weight is 573 g/mol. The van der Waals surface area contributed by atoms with E-state index in [0.29, 0.717) is 53.4 Å². The Bertz CT molecular complexity index is 1460. The van der Waals surface area contributed by atoms with Gasteiger partial charge in [0.25, 0.3) is 0 Å². The first-order chi connectivity index (χ1) is 20.3. The molecule has 3 saturated heterocycles. The van der Waals surface area contributed by atoms with Crippen molar-refractivity contribution < 1.29 is 33.4 Å². The number of aliphatic hydroxyl groups excluding tert-OH is 1. The number of likely N-dealkylation sites (N-methyl/N-ethyl adjacent to an activating group) is 1. The molecule has 1 unspecified atom stereocenters. The third-order valence-corrected chi connectivity index (χ3v) is 9.08. The SMILES string of the molecule is COc1cc(CO)ccc1NC(=O)CCc1ccc(-c2ccccc2)c(NC(=O)OC2C[C@@H]3[C@H]4O[C@H]4[C@H](C2)[N+]3(C)C)c1. The molecule has 3 N–H and O–H groups in total. The first-order valence-corrected chi connectivity index (χ1v) is 14.5. The number of morpholine rings is 1. The van der Waals surface area contributed by atoms with E-state index in [4.69, 9.17) is 14.2 Å². The molecule has 0 aromatic heterocycles. The highest BCUT2D eigenvalue weighted by Crippen LogP contribution is 2.51. The van der Waals surface area contributed by atoms with Crippen molar-refractivity contribution in [3.63, 3.8) is 0 Å². The number of fused-ring (bicyclic) bond motifs is 5. The number of amides is 2. The van der Waals surface area contributed by atoms with Crippen molar-refractivity contribution in [1.29, 1.82) is 0 Å². The summed E-state index contributed by atoms with van der Waals surface area (Å²) in [6, 6.07) is 21.6. The number of nitrogens with one attached hydrogen (secondary N) is 2. The average Bonchev–Trinajstić information content (AvgIpc) is 3.75. The lowest BCUT2D eigenvalue weighted by atomic mass is 9.96. The van der Waals surface area contributed by atoms with E-state index in [-0.39, 0.29) is 25.0 Å². The van der Waals surface area contributed by atoms with Gasteiger partial charge in [0.1, 0.15) is 36.1 Å². The summed E-state index contributed by atoms with van der Waals surface area (Å²) < 4.78 is 18.1. The zero-order valence-electron chi connectivity index (χ0n) is 24.2. The predicted octanol–water partition coefficient (Wildman–Crippen LogP) is 4.73. The van der Waals surface area contributed by atoms with Gasteiger partial charge in [-0.15, -0.1) is 0 Å². The number of rotatable bonds is 9. The van der Waals surface area contributed by atoms with E-state index in [1.165, 1.54) is 7.11 Å². The maximum Gasteiger partial charge on any atom is 0.411 e. The number of benzene rings is 3. The fourth-order valence-electron chi connectivity index (χ4n) is 6.72. The molecule has 9 heteroatoms. The number of anilines is 2. The van der Waals surface area contributed by atoms with Crippen molar-refractivity contribution in [3.05, 3.63) is 77.9 Å². The maximum absolute atomic E-state index is 13.2. The van der Waals surface area contributed by atoms with E-state index in [2.05, 4.69) is 24.7 Å². The molecule has 3 aliphatic heterocycles. The van der Waals surface area contributed by atoms with Gasteiger partial charge in [0.05, 0.1) is 39.2 Å². The summed E-state index contributed by atoms with van der Waals surface area (Å²) >= 11 is 0. The molecule has 3 aromatic rings. The number of aliphatic hydroxyl groups is 1. The van der Waals surface area contributed by atoms with Gasteiger partial charge in [0, 0.05) is 24.8 Å². The third kappa shape index (κ3) is 5.60. The Morgan fingerprint density at radius 1 is 0.929 bits per heavy atom. The zero-order chi connectivity index (χ0) is 29.4. The molecule has 220 valence electrons. The van der Waals surface area contributed by atoms with Crippen molar-refractivity contribution in [3.8, 4) is 16.9 Å². The molecule has 3 heterocycles. The quantitative estimate of drug-likeness (QED) is 0.253. The van der Waals surface area contributed by atoms with Gasteiger partial charge in [-0.25, -0.2) is 4.79 Å². The summed E-state index contributed by atoms with van der Waals surface area (Å²) in [7, 11) is 6.03. The molecule has 2 bridgehead atoms. The standard InChI is InChI=1S/C33H37N3O6/c1-36(2)27-17-23(18-28(36)32-31(27)42-32)41-33(39)35-26-15-20(9-12-24(26)22-7-5-4-6-8-22)11-14-30(38)34-25-13-10-21(19-37)16-29(25)40-3/h4-10,12-13,15-16,23,27-28,31-32,37H,11,14,17-19H2,1-3H3,(H-,34,35,38,39)/p+1/t23?,27-,28+,31-,32+. The van der Waals surface area contributed by atoms with Crippen LogP contribution in [0.4, 0.5) is 16.2 Å². The zero-order valence-corrected chi connectivity index (χ0v) is 24.2. The van der Waals surface area contributed by atoms with Crippen molar-refractivity contribution in [2.45, 2.75) is 62.7 Å². The van der Waals surface area contributed by atoms with Gasteiger partial charge in [-0.1, -0.05) is 48.5 Å². The van der Waals surface area contributed by atoms with Gasteiger partial charge in [-0.05, 0) is 41.3 Å². The van der Waals surface area contributed by atoms with Crippen LogP contribution in [0.15, 0.2) is 66.7 Å². The molecular weight excluding hydrogens is 534 g/mol. The Morgan fingerprint density at radius 2 is 1.64 bits per heavy atom. The number of hydrogen-bond donors (Lipinski definition) is 3. The minimum Gasteiger partial charge on any atom is -0.495 e. The fourth-order valence-corrected chi connectivity index (χ4v) is 6.72. The molecule has 0 spiro atoms. The second kappa shape index (κ2) is 11.4. The van der Waals surface area contributed by atoms with Gasteiger partial charge < -0.3 is 29.1 Å². The van der Waals surface area contributed by atoms with E-state index in [1.807, 2.05) is 48.5 Å². The summed E-state index contributed by atoms with van der Waals surface area (Å²) in [5.74, 6) is 0.325. The highest BCUT2D eigenvalue weighted by molar-refractivity contribution is 5.93. The molecule has 0 radical (unpaired) electrons. The molecule has 9 nitrogen and oxygen atoms in total. The number of carbonyl (C=O) groups is 2. The van der Waals surface area contributed by atoms with Gasteiger partial charge in [0.2, 0.25) is 5.91 Å². The summed E-state index contributed by atoms with van der Waals surface area (Å²) in [5.41, 5.74) is 4.66. The lowest BCUT2D eigenvalue weighted by molar-refractivity contribution is -0.938. The summed E-state index contributed by atoms with van der Waals surface area (Å²) in [5, 5.41) is 15.3. The van der Waals surface area contributed by atoms with Crippen LogP contribution in [-0.2, 0) is 27.3 Å². The van der Waals surface area contributed by atoms with Gasteiger partial charge >= 0.3 is 6.09 Å². The molecular formula is C33H38N3O6+. The lowest BCUT2D eigenvalue weighted by Crippen LogP contribution is -2.60. The van der Waals surface area contributed by atoms with Crippen LogP contribution in [0.5, 0.6) is 5.75 Å². The molecule has 3 aromatic carbocycles. The second-order valence-electron chi connectivity index (χ2n) is 11.9. The molecule has 6 rings (SSSR count). The highest BCUT2D eigenvalue weighted by atomic mass is 16.6. The Labute approximate surface area is 246 Å². The molecule has 3 fully saturated rings. The molecule has 42 heavy (non-hydrogen) atoms. The normalized spacial score (nSPS) is 24.8. The summed E-state index contributed by atoms with van der Waals surface area (Å²) in [4.78, 5) is 26.0. The van der Waals surface area contributed by atoms with Crippen LogP contribution in [0, 0.1) is 0 Å². The Kier molecular flexibility index (Phi) is 7.66. The van der Waals surface area contributed by atoms with Crippen LogP contribution < -0.4 is 15.4 Å². The first kappa shape index (κ1) is 28.2. The topological polar surface area (TPSA) is 109 Å². The summed E-state index contributed by atoms with van der Waals surface area (Å²) in [6.45, 7) is -0.109. The van der Waals surface area contributed by atoms with Crippen molar-refractivity contribution >= 4 is 23.4 Å². The number of methoxy groups -OCH3 is 1. The number of hydrogen-bond acceptors (Lipinski definition) is 6. The van der Waals surface area contributed by atoms with Gasteiger partial charge in [-0.2, -0.15) is 0 Å². The van der Waals surface area contributed by atoms with Gasteiger partial charge in [0.15, 0.2) is 0 Å². The minimum absolute atomic E-state index is 0.109. The van der Waals surface area contributed by atoms with E-state index in [1.54, 1.807) is 18.2 Å². The largest absolute Gasteiger partial charge is 0.495 e. The van der Waals surface area contributed by atoms with Crippen molar-refractivity contribution in [2.24, 2.45) is 0 Å². The number of nitrogens with zero attached hydrogens (tertiary/aromatic N) is 1. The molecule has 0 aliphatic carbocycles. The number of aryl methyl sites for hydroxylation is 1. The van der Waals surface area contributed by atoms with Crippen molar-refractivity contribution in [1.82, 2.24) is 0 Å². The van der Waals surface area contributed by atoms with E-state index < -0.39 is 6.09 Å². The van der Waals surface area contributed by atoms with Crippen LogP contribution in [0.1, 0.15) is 30.4 Å². The third-order valence-electron chi connectivity index (χ3n) is 9.08. The number of epoxide rings is 1. The number of quaternary nitrogens is 1. The number of piperidine rings is 1. The molecule has 2 amide bonds. The second-order valence-corrected chi connectivity index (χ2v) is 11.9. The number of carbonyl (C=O) groups excluding carboxylic acids is 2. The monoisotopic (exact) mass is 572 g/mol. The Balaban J connectivity index is 1.13. The Hall–Kier alpha value is -3.92. The Morgan fingerprint density at radius 3 is 2.33 bits per heavy atom. The number of ether oxygens (including phenoxy) is 3. The first-order valence-electron chi connectivity index (χ1n) is 14.5. The van der Waals surface area contributed by atoms with E-state index in [9.17, 15) is 14.7 Å². The van der Waals surface area contributed by atoms with E-state index >= 15 is 0 Å². The van der Waals surface area contributed by atoms with Crippen molar-refractivity contribution in [2.75, 3.05) is 31.8 Å². The van der Waals surface area contributed by atoms with Crippen LogP contribution in [0.3, 0.4) is 0 Å². The molecule has 0 saturated carbocycles. The summed E-state index contributed by atoms with van der Waals surface area (Å²) in [6.07, 6.45) is 2.29. The maximum atomic E-state index is 13.2. The smallest absolute Gasteiger partial charge is 0.411 e. The lowest BCUT2D eigenvalue weighted by Gasteiger charge is -2.45. The highest BCUT2D eigenvalue weighted by Gasteiger charge is 2.70. The predicted molar refractivity (Wildman–Crippen MR) is 159 cm³/mol. The van der Waals surface area contributed by atoms with E-state index in [0.717, 1.165) is 34.0 Å². The van der Waals surface area contributed by atoms with Crippen LogP contribution in [0.25, 0.3) is 11.1 Å². The molecule has 3 aliphatic rings. The van der Waals surface area contributed by atoms with Crippen LogP contribution >= 0.6 is 0 Å². The van der Waals surface area contributed by atoms with Gasteiger partial charge in [-0.3, -0.25) is 10.1 Å². The van der Waals surface area contributed by atoms with Crippen LogP contribution in [-0.4, -0.2) is 73.2 Å². The molecule has 5 atom stereocenters. The van der Waals surface area contributed by atoms with Crippen LogP contribution in [0.2, 0.25) is 0 Å². The fraction of sp³-hybridized carbons (Fsp3) is 0.394.